The Balaban J connectivity index is 0.00000108. The summed E-state index contributed by atoms with van der Waals surface area (Å²) in [4.78, 5) is 4.42. The molecule has 0 spiro atoms. The lowest BCUT2D eigenvalue weighted by Gasteiger charge is -2.18. The van der Waals surface area contributed by atoms with Crippen LogP contribution in [0, 0.1) is 0 Å². The van der Waals surface area contributed by atoms with Gasteiger partial charge in [0.1, 0.15) is 18.7 Å². The number of hydrogen-bond donors (Lipinski definition) is 2. The molecule has 9 heteroatoms. The molecule has 0 aliphatic carbocycles. The molecule has 0 aromatic carbocycles. The SMILES string of the molecule is Brc1c[nH+]cc(C2=NN=C3C[NH2+]CC[NH+]32)c1.[Cl-].[Cl-].[Cl-]. The van der Waals surface area contributed by atoms with E-state index >= 15 is 0 Å². The van der Waals surface area contributed by atoms with E-state index in [2.05, 4.69) is 42.5 Å². The van der Waals surface area contributed by atoms with Gasteiger partial charge in [-0.15, -0.1) is 0 Å². The maximum absolute atomic E-state index is 4.30. The van der Waals surface area contributed by atoms with Crippen molar-refractivity contribution in [1.82, 2.24) is 0 Å². The van der Waals surface area contributed by atoms with Crippen LogP contribution in [0.25, 0.3) is 0 Å². The summed E-state index contributed by atoms with van der Waals surface area (Å²) in [7, 11) is 0. The minimum atomic E-state index is 0. The van der Waals surface area contributed by atoms with Gasteiger partial charge in [0.05, 0.1) is 4.47 Å². The predicted octanol–water partition coefficient (Wildman–Crippen LogP) is -11.2. The van der Waals surface area contributed by atoms with Crippen LogP contribution in [0.1, 0.15) is 5.56 Å². The number of amidine groups is 2. The van der Waals surface area contributed by atoms with Crippen molar-refractivity contribution in [2.24, 2.45) is 10.2 Å². The second kappa shape index (κ2) is 8.14. The number of halogens is 4. The number of piperazine rings is 1. The highest BCUT2D eigenvalue weighted by atomic mass is 79.9. The van der Waals surface area contributed by atoms with Crippen molar-refractivity contribution in [3.05, 3.63) is 28.5 Å². The molecule has 3 rings (SSSR count). The Bertz CT molecular complexity index is 494. The Labute approximate surface area is 138 Å². The first-order valence-electron chi connectivity index (χ1n) is 5.34. The molecule has 5 nitrogen and oxygen atoms in total. The number of aromatic nitrogens is 1. The summed E-state index contributed by atoms with van der Waals surface area (Å²) in [6.45, 7) is 3.15. The van der Waals surface area contributed by atoms with Crippen LogP contribution in [0.2, 0.25) is 0 Å². The molecule has 1 atom stereocenters. The Kier molecular flexibility index (Phi) is 8.03. The number of nitrogens with zero attached hydrogens (tertiary/aromatic N) is 2. The summed E-state index contributed by atoms with van der Waals surface area (Å²) in [6, 6.07) is 2.07. The van der Waals surface area contributed by atoms with E-state index in [9.17, 15) is 0 Å². The molecule has 106 valence electrons. The first-order valence-corrected chi connectivity index (χ1v) is 6.13. The predicted molar refractivity (Wildman–Crippen MR) is 62.2 cm³/mol. The lowest BCUT2D eigenvalue weighted by molar-refractivity contribution is -0.784. The van der Waals surface area contributed by atoms with Crippen molar-refractivity contribution >= 4 is 27.6 Å². The summed E-state index contributed by atoms with van der Waals surface area (Å²) in [6.07, 6.45) is 3.87. The Morgan fingerprint density at radius 3 is 2.74 bits per heavy atom. The van der Waals surface area contributed by atoms with E-state index in [0.717, 1.165) is 41.3 Å². The van der Waals surface area contributed by atoms with Crippen LogP contribution in [0.3, 0.4) is 0 Å². The van der Waals surface area contributed by atoms with Crippen LogP contribution in [-0.2, 0) is 0 Å². The van der Waals surface area contributed by atoms with Crippen molar-refractivity contribution < 1.29 is 52.4 Å². The highest BCUT2D eigenvalue weighted by Crippen LogP contribution is 2.08. The molecule has 1 aromatic heterocycles. The Hall–Kier alpha value is -0.240. The molecule has 1 unspecified atom stereocenters. The van der Waals surface area contributed by atoms with Gasteiger partial charge < -0.3 is 42.5 Å². The molecule has 2 aliphatic heterocycles. The summed E-state index contributed by atoms with van der Waals surface area (Å²) in [5.74, 6) is 2.17. The van der Waals surface area contributed by atoms with Crippen LogP contribution in [0.5, 0.6) is 0 Å². The van der Waals surface area contributed by atoms with E-state index in [1.807, 2.05) is 12.4 Å². The zero-order chi connectivity index (χ0) is 11.0. The quantitative estimate of drug-likeness (QED) is 0.479. The van der Waals surface area contributed by atoms with E-state index in [1.54, 1.807) is 0 Å². The van der Waals surface area contributed by atoms with Crippen molar-refractivity contribution in [2.45, 2.75) is 0 Å². The van der Waals surface area contributed by atoms with Gasteiger partial charge in [-0.2, -0.15) is 0 Å². The summed E-state index contributed by atoms with van der Waals surface area (Å²) >= 11 is 3.46. The molecule has 0 bridgehead atoms. The molecular weight excluding hydrogens is 376 g/mol. The minimum Gasteiger partial charge on any atom is -1.00 e. The zero-order valence-electron chi connectivity index (χ0n) is 9.84. The number of nitrogens with two attached hydrogens (primary N) is 1. The smallest absolute Gasteiger partial charge is 0.282 e. The maximum Gasteiger partial charge on any atom is 0.282 e. The number of fused-ring (bicyclic) bond motifs is 1. The molecule has 0 saturated carbocycles. The van der Waals surface area contributed by atoms with Crippen molar-refractivity contribution in [1.29, 1.82) is 0 Å². The van der Waals surface area contributed by atoms with E-state index in [1.165, 1.54) is 4.90 Å². The van der Waals surface area contributed by atoms with Gasteiger partial charge >= 0.3 is 0 Å². The van der Waals surface area contributed by atoms with Gasteiger partial charge in [-0.25, -0.2) is 9.88 Å². The number of aromatic amines is 1. The van der Waals surface area contributed by atoms with E-state index < -0.39 is 0 Å². The molecule has 1 aromatic rings. The second-order valence-corrected chi connectivity index (χ2v) is 4.86. The highest BCUT2D eigenvalue weighted by molar-refractivity contribution is 9.10. The number of H-pyrrole nitrogens is 1. The number of nitrogens with one attached hydrogen (secondary N) is 2. The van der Waals surface area contributed by atoms with Crippen molar-refractivity contribution in [3.63, 3.8) is 0 Å². The van der Waals surface area contributed by atoms with Crippen molar-refractivity contribution in [3.8, 4) is 0 Å². The van der Waals surface area contributed by atoms with Gasteiger partial charge in [-0.05, 0) is 22.0 Å². The fourth-order valence-corrected chi connectivity index (χ4v) is 2.47. The summed E-state index contributed by atoms with van der Waals surface area (Å²) < 4.78 is 1.03. The van der Waals surface area contributed by atoms with Crippen LogP contribution in [0.15, 0.2) is 33.1 Å². The Morgan fingerprint density at radius 1 is 1.21 bits per heavy atom. The van der Waals surface area contributed by atoms with Crippen LogP contribution >= 0.6 is 15.9 Å². The van der Waals surface area contributed by atoms with Gasteiger partial charge in [0.25, 0.3) is 11.7 Å². The van der Waals surface area contributed by atoms with Crippen molar-refractivity contribution in [2.75, 3.05) is 19.6 Å². The molecule has 4 N–H and O–H groups in total. The third-order valence-corrected chi connectivity index (χ3v) is 3.33. The summed E-state index contributed by atoms with van der Waals surface area (Å²) in [5, 5.41) is 10.8. The normalized spacial score (nSPS) is 19.9. The number of pyridine rings is 1. The molecule has 1 fully saturated rings. The summed E-state index contributed by atoms with van der Waals surface area (Å²) in [5.41, 5.74) is 1.10. The average Bonchev–Trinajstić information content (AvgIpc) is 2.72. The molecule has 0 amide bonds. The molecular formula is C10H13BrCl3N5. The van der Waals surface area contributed by atoms with Gasteiger partial charge in [0.15, 0.2) is 18.9 Å². The number of rotatable bonds is 1. The van der Waals surface area contributed by atoms with Crippen LogP contribution in [0.4, 0.5) is 0 Å². The lowest BCUT2D eigenvalue weighted by atomic mass is 10.2. The molecule has 1 saturated heterocycles. The fourth-order valence-electron chi connectivity index (χ4n) is 2.09. The average molecular weight is 390 g/mol. The molecule has 2 aliphatic rings. The van der Waals surface area contributed by atoms with E-state index in [0.29, 0.717) is 0 Å². The van der Waals surface area contributed by atoms with Crippen LogP contribution in [-0.4, -0.2) is 31.3 Å². The van der Waals surface area contributed by atoms with Gasteiger partial charge in [-0.1, -0.05) is 10.2 Å². The molecule has 0 radical (unpaired) electrons. The van der Waals surface area contributed by atoms with E-state index in [4.69, 9.17) is 0 Å². The first-order chi connectivity index (χ1) is 7.84. The zero-order valence-corrected chi connectivity index (χ0v) is 13.7. The third kappa shape index (κ3) is 3.87. The van der Waals surface area contributed by atoms with Gasteiger partial charge in [0, 0.05) is 0 Å². The van der Waals surface area contributed by atoms with Crippen LogP contribution < -0.4 is 52.4 Å². The topological polar surface area (TPSA) is 59.9 Å². The van der Waals surface area contributed by atoms with Gasteiger partial charge in [-0.3, -0.25) is 0 Å². The van der Waals surface area contributed by atoms with E-state index in [-0.39, 0.29) is 37.2 Å². The molecule has 19 heavy (non-hydrogen) atoms. The second-order valence-electron chi connectivity index (χ2n) is 3.95. The largest absolute Gasteiger partial charge is 1.00 e. The monoisotopic (exact) mass is 387 g/mol. The number of quaternary nitrogens is 2. The lowest BCUT2D eigenvalue weighted by Crippen LogP contribution is -3.23. The third-order valence-electron chi connectivity index (χ3n) is 2.87. The fraction of sp³-hybridized carbons (Fsp3) is 0.300. The Morgan fingerprint density at radius 2 is 2.00 bits per heavy atom. The number of hydrogen-bond acceptors (Lipinski definition) is 2. The first kappa shape index (κ1) is 18.8. The standard InChI is InChI=1S/C10H10BrN5.3ClH/c11-8-3-7(4-13-5-8)10-15-14-9-6-12-1-2-16(9)10;;;/h3-5,12H,1-2,6H2;3*1H. The maximum atomic E-state index is 4.30. The highest BCUT2D eigenvalue weighted by Gasteiger charge is 2.35. The minimum absolute atomic E-state index is 0. The van der Waals surface area contributed by atoms with Gasteiger partial charge in [0.2, 0.25) is 0 Å². The molecule has 3 heterocycles.